The van der Waals surface area contributed by atoms with Gasteiger partial charge in [0.2, 0.25) is 5.91 Å². The average Bonchev–Trinajstić information content (AvgIpc) is 3.56. The van der Waals surface area contributed by atoms with E-state index in [4.69, 9.17) is 16.9 Å². The molecule has 1 N–H and O–H groups in total. The Morgan fingerprint density at radius 2 is 1.81 bits per heavy atom. The molecule has 3 fully saturated rings. The van der Waals surface area contributed by atoms with E-state index in [1.165, 1.54) is 24.6 Å². The van der Waals surface area contributed by atoms with Crippen LogP contribution in [0.25, 0.3) is 0 Å². The molecule has 5 rings (SSSR count). The predicted molar refractivity (Wildman–Crippen MR) is 122 cm³/mol. The number of hydrogen-bond donors (Lipinski definition) is 1. The van der Waals surface area contributed by atoms with Gasteiger partial charge in [-0.25, -0.2) is 9.97 Å². The smallest absolute Gasteiger partial charge is 0.225 e. The molecule has 32 heavy (non-hydrogen) atoms. The minimum atomic E-state index is 0.0446. The summed E-state index contributed by atoms with van der Waals surface area (Å²) in [5.41, 5.74) is 1.56. The Bertz CT molecular complexity index is 993. The summed E-state index contributed by atoms with van der Waals surface area (Å²) in [4.78, 5) is 26.1. The Kier molecular flexibility index (Phi) is 5.99. The van der Waals surface area contributed by atoms with Crippen molar-refractivity contribution in [2.75, 3.05) is 31.1 Å². The molecule has 0 spiro atoms. The third kappa shape index (κ3) is 4.57. The maximum absolute atomic E-state index is 13.4. The first-order chi connectivity index (χ1) is 15.6. The fraction of sp³-hybridized carbons (Fsp3) is 0.500. The van der Waals surface area contributed by atoms with Crippen LogP contribution in [-0.4, -0.2) is 59.0 Å². The van der Waals surface area contributed by atoms with Crippen LogP contribution in [0.3, 0.4) is 0 Å². The van der Waals surface area contributed by atoms with Crippen molar-refractivity contribution in [2.24, 2.45) is 5.92 Å². The molecule has 2 saturated heterocycles. The number of nitriles is 1. The number of carbonyl (C=O) groups is 1. The van der Waals surface area contributed by atoms with Crippen LogP contribution >= 0.6 is 11.6 Å². The fourth-order valence-electron chi connectivity index (χ4n) is 4.91. The summed E-state index contributed by atoms with van der Waals surface area (Å²) in [5.74, 6) is 1.39. The van der Waals surface area contributed by atoms with Crippen LogP contribution in [0.15, 0.2) is 36.7 Å². The molecule has 166 valence electrons. The lowest BCUT2D eigenvalue weighted by Gasteiger charge is -2.33. The molecule has 2 aliphatic heterocycles. The van der Waals surface area contributed by atoms with Gasteiger partial charge in [0, 0.05) is 55.1 Å². The van der Waals surface area contributed by atoms with Crippen LogP contribution in [0.2, 0.25) is 5.02 Å². The highest BCUT2D eigenvalue weighted by Gasteiger charge is 2.41. The molecule has 1 aromatic heterocycles. The van der Waals surface area contributed by atoms with Crippen molar-refractivity contribution >= 4 is 23.3 Å². The van der Waals surface area contributed by atoms with E-state index in [0.717, 1.165) is 49.9 Å². The van der Waals surface area contributed by atoms with Gasteiger partial charge in [-0.2, -0.15) is 5.26 Å². The number of nitrogens with one attached hydrogen (secondary N) is 1. The number of piperidine rings is 1. The van der Waals surface area contributed by atoms with Crippen molar-refractivity contribution in [3.05, 3.63) is 52.9 Å². The molecule has 8 heteroatoms. The number of anilines is 1. The molecule has 2 aromatic rings. The lowest BCUT2D eigenvalue weighted by Crippen LogP contribution is -2.43. The highest BCUT2D eigenvalue weighted by Crippen LogP contribution is 2.33. The van der Waals surface area contributed by atoms with Gasteiger partial charge in [0.15, 0.2) is 5.69 Å². The molecule has 2 atom stereocenters. The number of halogens is 1. The molecule has 0 radical (unpaired) electrons. The third-order valence-electron chi connectivity index (χ3n) is 6.88. The molecule has 3 heterocycles. The van der Waals surface area contributed by atoms with Gasteiger partial charge < -0.3 is 15.1 Å². The Morgan fingerprint density at radius 3 is 2.44 bits per heavy atom. The third-order valence-corrected chi connectivity index (χ3v) is 7.13. The van der Waals surface area contributed by atoms with Gasteiger partial charge in [0.05, 0.1) is 12.4 Å². The number of rotatable bonds is 5. The summed E-state index contributed by atoms with van der Waals surface area (Å²) in [6, 6.07) is 11.0. The number of benzene rings is 1. The van der Waals surface area contributed by atoms with Gasteiger partial charge in [0.1, 0.15) is 11.9 Å². The topological polar surface area (TPSA) is 85.2 Å². The molecule has 1 saturated carbocycles. The lowest BCUT2D eigenvalue weighted by molar-refractivity contribution is -0.135. The number of aromatic nitrogens is 2. The summed E-state index contributed by atoms with van der Waals surface area (Å²) >= 11 is 6.09. The highest BCUT2D eigenvalue weighted by atomic mass is 35.5. The first-order valence-electron chi connectivity index (χ1n) is 11.4. The second kappa shape index (κ2) is 9.05. The maximum Gasteiger partial charge on any atom is 0.225 e. The number of likely N-dealkylation sites (tertiary alicyclic amines) is 1. The monoisotopic (exact) mass is 450 g/mol. The normalized spacial score (nSPS) is 23.9. The second-order valence-corrected chi connectivity index (χ2v) is 9.52. The van der Waals surface area contributed by atoms with Crippen LogP contribution < -0.4 is 10.2 Å². The Morgan fingerprint density at radius 1 is 1.06 bits per heavy atom. The quantitative estimate of drug-likeness (QED) is 0.753. The van der Waals surface area contributed by atoms with Gasteiger partial charge in [-0.3, -0.25) is 4.79 Å². The standard InChI is InChI=1S/C24H27ClN6O/c25-18-3-1-16(2-4-18)21-14-31(15-22(21)29-19-5-6-19)24(32)17-7-9-30(10-8-17)23-13-27-20(11-26)12-28-23/h1-4,12-13,17,19,21-22,29H,5-10,14-15H2/t21-,22+/m0/s1. The molecular weight excluding hydrogens is 424 g/mol. The van der Waals surface area contributed by atoms with Gasteiger partial charge in [0.25, 0.3) is 0 Å². The summed E-state index contributed by atoms with van der Waals surface area (Å²) in [6.45, 7) is 3.07. The van der Waals surface area contributed by atoms with E-state index in [1.807, 2.05) is 18.2 Å². The van der Waals surface area contributed by atoms with E-state index in [1.54, 1.807) is 6.20 Å². The van der Waals surface area contributed by atoms with Crippen LogP contribution in [-0.2, 0) is 4.79 Å². The summed E-state index contributed by atoms with van der Waals surface area (Å²) in [6.07, 6.45) is 7.22. The Balaban J connectivity index is 1.22. The average molecular weight is 451 g/mol. The Hall–Kier alpha value is -2.69. The largest absolute Gasteiger partial charge is 0.355 e. The molecule has 3 aliphatic rings. The van der Waals surface area contributed by atoms with Crippen LogP contribution in [0.1, 0.15) is 42.9 Å². The molecule has 0 bridgehead atoms. The van der Waals surface area contributed by atoms with E-state index in [9.17, 15) is 4.79 Å². The zero-order chi connectivity index (χ0) is 22.1. The number of carbonyl (C=O) groups excluding carboxylic acids is 1. The SMILES string of the molecule is N#Cc1cnc(N2CCC(C(=O)N3C[C@@H](NC4CC4)[C@H](c4ccc(Cl)cc4)C3)CC2)cn1. The van der Waals surface area contributed by atoms with Crippen LogP contribution in [0.4, 0.5) is 5.82 Å². The van der Waals surface area contributed by atoms with E-state index in [0.29, 0.717) is 23.7 Å². The molecule has 1 aromatic carbocycles. The number of nitrogens with zero attached hydrogens (tertiary/aromatic N) is 5. The van der Waals surface area contributed by atoms with Gasteiger partial charge in [-0.05, 0) is 43.4 Å². The van der Waals surface area contributed by atoms with Gasteiger partial charge in [-0.1, -0.05) is 23.7 Å². The van der Waals surface area contributed by atoms with Gasteiger partial charge >= 0.3 is 0 Å². The zero-order valence-electron chi connectivity index (χ0n) is 18.0. The maximum atomic E-state index is 13.4. The van der Waals surface area contributed by atoms with Gasteiger partial charge in [-0.15, -0.1) is 0 Å². The summed E-state index contributed by atoms with van der Waals surface area (Å²) in [5, 5.41) is 13.4. The minimum absolute atomic E-state index is 0.0446. The number of hydrogen-bond acceptors (Lipinski definition) is 6. The summed E-state index contributed by atoms with van der Waals surface area (Å²) < 4.78 is 0. The predicted octanol–water partition coefficient (Wildman–Crippen LogP) is 2.96. The van der Waals surface area contributed by atoms with E-state index < -0.39 is 0 Å². The molecule has 1 aliphatic carbocycles. The molecule has 0 unspecified atom stereocenters. The lowest BCUT2D eigenvalue weighted by atomic mass is 9.94. The Labute approximate surface area is 193 Å². The molecule has 1 amide bonds. The van der Waals surface area contributed by atoms with Crippen molar-refractivity contribution in [1.82, 2.24) is 20.2 Å². The fourth-order valence-corrected chi connectivity index (χ4v) is 5.04. The first-order valence-corrected chi connectivity index (χ1v) is 11.8. The van der Waals surface area contributed by atoms with Crippen LogP contribution in [0.5, 0.6) is 0 Å². The van der Waals surface area contributed by atoms with E-state index in [2.05, 4.69) is 37.2 Å². The minimum Gasteiger partial charge on any atom is -0.355 e. The second-order valence-electron chi connectivity index (χ2n) is 9.08. The molecular formula is C24H27ClN6O. The number of amides is 1. The van der Waals surface area contributed by atoms with Crippen molar-refractivity contribution in [3.63, 3.8) is 0 Å². The first kappa shape index (κ1) is 21.2. The molecule has 7 nitrogen and oxygen atoms in total. The van der Waals surface area contributed by atoms with Crippen molar-refractivity contribution in [3.8, 4) is 6.07 Å². The summed E-state index contributed by atoms with van der Waals surface area (Å²) in [7, 11) is 0. The highest BCUT2D eigenvalue weighted by molar-refractivity contribution is 6.30. The van der Waals surface area contributed by atoms with Crippen molar-refractivity contribution in [2.45, 2.75) is 43.7 Å². The van der Waals surface area contributed by atoms with Crippen molar-refractivity contribution in [1.29, 1.82) is 5.26 Å². The zero-order valence-corrected chi connectivity index (χ0v) is 18.7. The van der Waals surface area contributed by atoms with Crippen molar-refractivity contribution < 1.29 is 4.79 Å². The van der Waals surface area contributed by atoms with Crippen LogP contribution in [0, 0.1) is 17.2 Å². The van der Waals surface area contributed by atoms with E-state index in [-0.39, 0.29) is 11.8 Å². The van der Waals surface area contributed by atoms with E-state index >= 15 is 0 Å².